The second kappa shape index (κ2) is 7.73. The summed E-state index contributed by atoms with van der Waals surface area (Å²) in [5.74, 6) is 0.175. The fourth-order valence-corrected chi connectivity index (χ4v) is 4.09. The molecule has 0 spiro atoms. The van der Waals surface area contributed by atoms with Crippen molar-refractivity contribution in [3.8, 4) is 0 Å². The zero-order valence-corrected chi connectivity index (χ0v) is 16.6. The number of halogens is 2. The molecule has 2 heterocycles. The molecule has 2 aromatic carbocycles. The van der Waals surface area contributed by atoms with Gasteiger partial charge in [-0.1, -0.05) is 35.1 Å². The smallest absolute Gasteiger partial charge is 0.233 e. The van der Waals surface area contributed by atoms with Crippen molar-refractivity contribution >= 4 is 44.2 Å². The fourth-order valence-electron chi connectivity index (χ4n) is 2.90. The molecule has 0 saturated carbocycles. The van der Waals surface area contributed by atoms with Gasteiger partial charge in [-0.15, -0.1) is 0 Å². The monoisotopic (exact) mass is 414 g/mol. The Hall–Kier alpha value is -2.70. The van der Waals surface area contributed by atoms with Gasteiger partial charge < -0.3 is 4.42 Å². The number of fused-ring (bicyclic) bond motifs is 1. The zero-order valence-electron chi connectivity index (χ0n) is 15.0. The molecule has 28 heavy (non-hydrogen) atoms. The summed E-state index contributed by atoms with van der Waals surface area (Å²) in [5, 5.41) is 1.21. The van der Waals surface area contributed by atoms with Gasteiger partial charge in [0.2, 0.25) is 5.91 Å². The van der Waals surface area contributed by atoms with E-state index in [1.807, 2.05) is 25.1 Å². The van der Waals surface area contributed by atoms with Gasteiger partial charge in [-0.2, -0.15) is 0 Å². The fraction of sp³-hybridized carbons (Fsp3) is 0.143. The number of aryl methyl sites for hydroxylation is 1. The second-order valence-corrected chi connectivity index (χ2v) is 7.79. The zero-order chi connectivity index (χ0) is 19.7. The summed E-state index contributed by atoms with van der Waals surface area (Å²) in [6, 6.07) is 13.2. The van der Waals surface area contributed by atoms with E-state index in [0.29, 0.717) is 15.9 Å². The minimum absolute atomic E-state index is 0.136. The molecular weight excluding hydrogens is 399 g/mol. The first kappa shape index (κ1) is 18.7. The lowest BCUT2D eigenvalue weighted by molar-refractivity contribution is -0.118. The van der Waals surface area contributed by atoms with Crippen LogP contribution < -0.4 is 4.90 Å². The van der Waals surface area contributed by atoms with Crippen molar-refractivity contribution in [3.63, 3.8) is 0 Å². The number of hydrogen-bond donors (Lipinski definition) is 0. The summed E-state index contributed by atoms with van der Waals surface area (Å²) < 4.78 is 19.5. The highest BCUT2D eigenvalue weighted by Gasteiger charge is 2.22. The molecular formula is C21H16ClFN2O2S. The van der Waals surface area contributed by atoms with Crippen molar-refractivity contribution in [3.05, 3.63) is 82.5 Å². The first-order valence-corrected chi connectivity index (χ1v) is 9.83. The van der Waals surface area contributed by atoms with Gasteiger partial charge in [0.1, 0.15) is 11.6 Å². The van der Waals surface area contributed by atoms with Gasteiger partial charge in [-0.05, 0) is 54.4 Å². The van der Waals surface area contributed by atoms with E-state index in [0.717, 1.165) is 21.3 Å². The van der Waals surface area contributed by atoms with Crippen LogP contribution in [0, 0.1) is 12.7 Å². The van der Waals surface area contributed by atoms with Gasteiger partial charge in [-0.3, -0.25) is 9.69 Å². The number of carbonyl (C=O) groups is 1. The quantitative estimate of drug-likeness (QED) is 0.416. The summed E-state index contributed by atoms with van der Waals surface area (Å²) in [6.07, 6.45) is 1.71. The van der Waals surface area contributed by atoms with E-state index >= 15 is 0 Å². The number of carbonyl (C=O) groups excluding carboxylic acids is 1. The number of furan rings is 1. The van der Waals surface area contributed by atoms with Crippen LogP contribution in [0.25, 0.3) is 10.2 Å². The number of thiazole rings is 1. The average Bonchev–Trinajstić information content (AvgIpc) is 3.34. The van der Waals surface area contributed by atoms with E-state index in [9.17, 15) is 9.18 Å². The Balaban J connectivity index is 1.69. The molecule has 0 saturated heterocycles. The molecule has 0 aliphatic carbocycles. The normalized spacial score (nSPS) is 11.1. The number of hydrogen-bond acceptors (Lipinski definition) is 4. The maximum Gasteiger partial charge on any atom is 0.233 e. The molecule has 0 aliphatic heterocycles. The Bertz CT molecular complexity index is 1120. The summed E-state index contributed by atoms with van der Waals surface area (Å²) in [7, 11) is 0. The van der Waals surface area contributed by atoms with Crippen LogP contribution in [0.15, 0.2) is 59.2 Å². The molecule has 7 heteroatoms. The summed E-state index contributed by atoms with van der Waals surface area (Å²) in [4.78, 5) is 19.3. The number of rotatable bonds is 5. The molecule has 0 radical (unpaired) electrons. The van der Waals surface area contributed by atoms with Crippen LogP contribution in [0.2, 0.25) is 5.02 Å². The molecule has 0 unspecified atom stereocenters. The number of anilines is 1. The van der Waals surface area contributed by atoms with E-state index in [2.05, 4.69) is 4.98 Å². The van der Waals surface area contributed by atoms with Crippen molar-refractivity contribution in [1.29, 1.82) is 0 Å². The van der Waals surface area contributed by atoms with Gasteiger partial charge in [0.25, 0.3) is 0 Å². The predicted octanol–water partition coefficient (Wildman–Crippen LogP) is 5.77. The SMILES string of the molecule is Cc1c(Cl)ccc2sc(N(Cc3ccco3)C(=O)Cc3ccc(F)cc3)nc12. The predicted molar refractivity (Wildman–Crippen MR) is 109 cm³/mol. The third-order valence-electron chi connectivity index (χ3n) is 4.43. The Morgan fingerprint density at radius 2 is 2.00 bits per heavy atom. The van der Waals surface area contributed by atoms with Crippen LogP contribution in [0.1, 0.15) is 16.9 Å². The Morgan fingerprint density at radius 1 is 1.21 bits per heavy atom. The van der Waals surface area contributed by atoms with Crippen molar-refractivity contribution in [2.45, 2.75) is 19.9 Å². The van der Waals surface area contributed by atoms with E-state index in [1.165, 1.54) is 23.5 Å². The topological polar surface area (TPSA) is 46.3 Å². The van der Waals surface area contributed by atoms with Gasteiger partial charge in [0.05, 0.1) is 29.4 Å². The van der Waals surface area contributed by atoms with Crippen LogP contribution >= 0.6 is 22.9 Å². The Kier molecular flexibility index (Phi) is 5.15. The molecule has 142 valence electrons. The first-order valence-electron chi connectivity index (χ1n) is 8.64. The molecule has 4 nitrogen and oxygen atoms in total. The molecule has 0 N–H and O–H groups in total. The maximum atomic E-state index is 13.2. The van der Waals surface area contributed by atoms with Crippen LogP contribution in [0.4, 0.5) is 9.52 Å². The lowest BCUT2D eigenvalue weighted by Crippen LogP contribution is -2.31. The molecule has 0 fully saturated rings. The Labute approximate surface area is 170 Å². The lowest BCUT2D eigenvalue weighted by atomic mass is 10.1. The van der Waals surface area contributed by atoms with Crippen LogP contribution in [0.5, 0.6) is 0 Å². The van der Waals surface area contributed by atoms with Gasteiger partial charge in [0, 0.05) is 5.02 Å². The highest BCUT2D eigenvalue weighted by Crippen LogP contribution is 2.34. The number of aromatic nitrogens is 1. The van der Waals surface area contributed by atoms with E-state index in [4.69, 9.17) is 16.0 Å². The minimum Gasteiger partial charge on any atom is -0.467 e. The number of benzene rings is 2. The van der Waals surface area contributed by atoms with Crippen molar-refractivity contribution in [2.75, 3.05) is 4.90 Å². The standard InChI is InChI=1S/C21H16ClFN2O2S/c1-13-17(22)8-9-18-20(13)24-21(28-18)25(12-16-3-2-10-27-16)19(26)11-14-4-6-15(23)7-5-14/h2-10H,11-12H2,1H3. The lowest BCUT2D eigenvalue weighted by Gasteiger charge is -2.18. The molecule has 4 rings (SSSR count). The molecule has 0 bridgehead atoms. The van der Waals surface area contributed by atoms with Gasteiger partial charge >= 0.3 is 0 Å². The second-order valence-electron chi connectivity index (χ2n) is 6.38. The van der Waals surface area contributed by atoms with Gasteiger partial charge in [0.15, 0.2) is 5.13 Å². The minimum atomic E-state index is -0.331. The van der Waals surface area contributed by atoms with E-state index < -0.39 is 0 Å². The number of amides is 1. The van der Waals surface area contributed by atoms with E-state index in [-0.39, 0.29) is 24.7 Å². The average molecular weight is 415 g/mol. The molecule has 1 amide bonds. The van der Waals surface area contributed by atoms with Crippen LogP contribution in [-0.4, -0.2) is 10.9 Å². The van der Waals surface area contributed by atoms with Crippen LogP contribution in [0.3, 0.4) is 0 Å². The molecule has 0 aliphatic rings. The van der Waals surface area contributed by atoms with Crippen molar-refractivity contribution in [2.24, 2.45) is 0 Å². The van der Waals surface area contributed by atoms with Gasteiger partial charge in [-0.25, -0.2) is 9.37 Å². The summed E-state index contributed by atoms with van der Waals surface area (Å²) in [6.45, 7) is 2.17. The summed E-state index contributed by atoms with van der Waals surface area (Å²) >= 11 is 7.64. The highest BCUT2D eigenvalue weighted by atomic mass is 35.5. The highest BCUT2D eigenvalue weighted by molar-refractivity contribution is 7.22. The molecule has 0 atom stereocenters. The van der Waals surface area contributed by atoms with E-state index in [1.54, 1.807) is 29.4 Å². The van der Waals surface area contributed by atoms with Crippen molar-refractivity contribution in [1.82, 2.24) is 4.98 Å². The summed E-state index contributed by atoms with van der Waals surface area (Å²) in [5.41, 5.74) is 2.40. The first-order chi connectivity index (χ1) is 13.5. The Morgan fingerprint density at radius 3 is 2.71 bits per heavy atom. The molecule has 2 aromatic heterocycles. The molecule has 4 aromatic rings. The van der Waals surface area contributed by atoms with Crippen molar-refractivity contribution < 1.29 is 13.6 Å². The van der Waals surface area contributed by atoms with Crippen LogP contribution in [-0.2, 0) is 17.8 Å². The third kappa shape index (κ3) is 3.79. The largest absolute Gasteiger partial charge is 0.467 e. The number of nitrogens with zero attached hydrogens (tertiary/aromatic N) is 2. The maximum absolute atomic E-state index is 13.2. The third-order valence-corrected chi connectivity index (χ3v) is 5.88.